The standard InChI is InChI=1S/C19H19ClN4O2/c1-3-22(2)17(25)13-23-18(14-9-5-4-6-10-14)21-24(19(23)26)16-12-8-7-11-15(16)20/h4-12H,3,13H2,1-2H3. The number of aromatic nitrogens is 3. The fourth-order valence-electron chi connectivity index (χ4n) is 2.55. The summed E-state index contributed by atoms with van der Waals surface area (Å²) >= 11 is 6.23. The Morgan fingerprint density at radius 2 is 1.77 bits per heavy atom. The molecular formula is C19H19ClN4O2. The van der Waals surface area contributed by atoms with Crippen LogP contribution in [0.5, 0.6) is 0 Å². The van der Waals surface area contributed by atoms with Gasteiger partial charge < -0.3 is 4.90 Å². The Balaban J connectivity index is 2.17. The number of carbonyl (C=O) groups excluding carboxylic acids is 1. The average molecular weight is 371 g/mol. The van der Waals surface area contributed by atoms with Gasteiger partial charge in [-0.25, -0.2) is 4.79 Å². The molecule has 2 aromatic carbocycles. The lowest BCUT2D eigenvalue weighted by Crippen LogP contribution is -2.34. The zero-order valence-corrected chi connectivity index (χ0v) is 15.3. The molecule has 3 rings (SSSR count). The van der Waals surface area contributed by atoms with Crippen molar-refractivity contribution in [1.82, 2.24) is 19.2 Å². The second-order valence-electron chi connectivity index (χ2n) is 5.83. The third-order valence-electron chi connectivity index (χ3n) is 4.17. The van der Waals surface area contributed by atoms with E-state index in [2.05, 4.69) is 5.10 Å². The Morgan fingerprint density at radius 3 is 2.42 bits per heavy atom. The first-order chi connectivity index (χ1) is 12.5. The van der Waals surface area contributed by atoms with Gasteiger partial charge in [-0.2, -0.15) is 4.68 Å². The number of hydrogen-bond acceptors (Lipinski definition) is 3. The van der Waals surface area contributed by atoms with Crippen LogP contribution in [0, 0.1) is 0 Å². The highest BCUT2D eigenvalue weighted by Gasteiger charge is 2.20. The second-order valence-corrected chi connectivity index (χ2v) is 6.24. The lowest BCUT2D eigenvalue weighted by molar-refractivity contribution is -0.130. The van der Waals surface area contributed by atoms with Gasteiger partial charge in [0.25, 0.3) is 0 Å². The fourth-order valence-corrected chi connectivity index (χ4v) is 2.77. The molecule has 0 fully saturated rings. The summed E-state index contributed by atoms with van der Waals surface area (Å²) < 4.78 is 2.62. The van der Waals surface area contributed by atoms with Gasteiger partial charge in [-0.1, -0.05) is 54.1 Å². The van der Waals surface area contributed by atoms with E-state index >= 15 is 0 Å². The molecule has 1 heterocycles. The van der Waals surface area contributed by atoms with Gasteiger partial charge in [-0.05, 0) is 19.1 Å². The number of likely N-dealkylation sites (N-methyl/N-ethyl adjacent to an activating group) is 1. The minimum absolute atomic E-state index is 0.0855. The lowest BCUT2D eigenvalue weighted by atomic mass is 10.2. The quantitative estimate of drug-likeness (QED) is 0.693. The predicted octanol–water partition coefficient (Wildman–Crippen LogP) is 2.83. The number of carbonyl (C=O) groups is 1. The van der Waals surface area contributed by atoms with Crippen LogP contribution in [0.1, 0.15) is 6.92 Å². The molecule has 0 atom stereocenters. The van der Waals surface area contributed by atoms with E-state index in [1.807, 2.05) is 37.3 Å². The second kappa shape index (κ2) is 7.58. The number of nitrogens with zero attached hydrogens (tertiary/aromatic N) is 4. The molecule has 0 saturated heterocycles. The largest absolute Gasteiger partial charge is 0.351 e. The molecule has 7 heteroatoms. The molecule has 0 bridgehead atoms. The van der Waals surface area contributed by atoms with E-state index in [1.165, 1.54) is 9.25 Å². The van der Waals surface area contributed by atoms with E-state index in [9.17, 15) is 9.59 Å². The van der Waals surface area contributed by atoms with Crippen molar-refractivity contribution in [3.8, 4) is 17.1 Å². The molecule has 0 aliphatic heterocycles. The Labute approximate surface area is 156 Å². The van der Waals surface area contributed by atoms with Crippen LogP contribution < -0.4 is 5.69 Å². The van der Waals surface area contributed by atoms with Crippen LogP contribution in [0.3, 0.4) is 0 Å². The van der Waals surface area contributed by atoms with Crippen molar-refractivity contribution >= 4 is 17.5 Å². The topological polar surface area (TPSA) is 60.1 Å². The first-order valence-corrected chi connectivity index (χ1v) is 8.65. The highest BCUT2D eigenvalue weighted by Crippen LogP contribution is 2.21. The van der Waals surface area contributed by atoms with Crippen molar-refractivity contribution in [1.29, 1.82) is 0 Å². The molecule has 0 spiro atoms. The molecule has 1 aromatic heterocycles. The maximum Gasteiger partial charge on any atom is 0.351 e. The summed E-state index contributed by atoms with van der Waals surface area (Å²) in [5, 5.41) is 4.87. The molecule has 26 heavy (non-hydrogen) atoms. The molecule has 1 amide bonds. The third-order valence-corrected chi connectivity index (χ3v) is 4.49. The molecule has 3 aromatic rings. The van der Waals surface area contributed by atoms with Gasteiger partial charge in [0.15, 0.2) is 5.82 Å². The number of amides is 1. The van der Waals surface area contributed by atoms with Crippen molar-refractivity contribution < 1.29 is 4.79 Å². The molecule has 6 nitrogen and oxygen atoms in total. The number of benzene rings is 2. The summed E-state index contributed by atoms with van der Waals surface area (Å²) in [5.41, 5.74) is 0.823. The van der Waals surface area contributed by atoms with E-state index in [-0.39, 0.29) is 12.5 Å². The highest BCUT2D eigenvalue weighted by atomic mass is 35.5. The van der Waals surface area contributed by atoms with E-state index in [4.69, 9.17) is 11.6 Å². The summed E-state index contributed by atoms with van der Waals surface area (Å²) in [4.78, 5) is 27.0. The van der Waals surface area contributed by atoms with E-state index in [0.717, 1.165) is 5.56 Å². The molecule has 0 saturated carbocycles. The zero-order valence-electron chi connectivity index (χ0n) is 14.6. The molecule has 0 radical (unpaired) electrons. The van der Waals surface area contributed by atoms with E-state index in [1.54, 1.807) is 36.2 Å². The van der Waals surface area contributed by atoms with Gasteiger partial charge in [0.2, 0.25) is 5.91 Å². The van der Waals surface area contributed by atoms with E-state index < -0.39 is 5.69 Å². The van der Waals surface area contributed by atoms with Gasteiger partial charge >= 0.3 is 5.69 Å². The Kier molecular flexibility index (Phi) is 5.23. The molecular weight excluding hydrogens is 352 g/mol. The summed E-state index contributed by atoms with van der Waals surface area (Å²) in [5.74, 6) is 0.263. The van der Waals surface area contributed by atoms with Crippen LogP contribution in [0.2, 0.25) is 5.02 Å². The lowest BCUT2D eigenvalue weighted by Gasteiger charge is -2.14. The zero-order chi connectivity index (χ0) is 18.7. The van der Waals surface area contributed by atoms with E-state index in [0.29, 0.717) is 23.1 Å². The SMILES string of the molecule is CCN(C)C(=O)Cn1c(-c2ccccc2)nn(-c2ccccc2Cl)c1=O. The Morgan fingerprint density at radius 1 is 1.12 bits per heavy atom. The van der Waals surface area contributed by atoms with Crippen LogP contribution in [-0.2, 0) is 11.3 Å². The summed E-state index contributed by atoms with van der Waals surface area (Å²) in [7, 11) is 1.70. The minimum Gasteiger partial charge on any atom is -0.344 e. The van der Waals surface area contributed by atoms with Gasteiger partial charge in [-0.3, -0.25) is 9.36 Å². The molecule has 0 aliphatic carbocycles. The number of para-hydroxylation sites is 1. The molecule has 0 aliphatic rings. The smallest absolute Gasteiger partial charge is 0.344 e. The van der Waals surface area contributed by atoms with Crippen molar-refractivity contribution in [3.63, 3.8) is 0 Å². The summed E-state index contributed by atoms with van der Waals surface area (Å²) in [6.07, 6.45) is 0. The first kappa shape index (κ1) is 17.9. The van der Waals surface area contributed by atoms with Gasteiger partial charge in [0, 0.05) is 19.2 Å². The molecule has 0 N–H and O–H groups in total. The maximum absolute atomic E-state index is 13.0. The van der Waals surface area contributed by atoms with Crippen LogP contribution in [0.15, 0.2) is 59.4 Å². The normalized spacial score (nSPS) is 10.7. The third kappa shape index (κ3) is 3.41. The van der Waals surface area contributed by atoms with Crippen LogP contribution >= 0.6 is 11.6 Å². The van der Waals surface area contributed by atoms with Crippen molar-refractivity contribution in [2.24, 2.45) is 0 Å². The Bertz CT molecular complexity index is 979. The van der Waals surface area contributed by atoms with Crippen LogP contribution in [-0.4, -0.2) is 38.7 Å². The van der Waals surface area contributed by atoms with Gasteiger partial charge in [0.05, 0.1) is 10.7 Å². The van der Waals surface area contributed by atoms with Crippen LogP contribution in [0.4, 0.5) is 0 Å². The molecule has 134 valence electrons. The van der Waals surface area contributed by atoms with Crippen LogP contribution in [0.25, 0.3) is 17.1 Å². The van der Waals surface area contributed by atoms with Gasteiger partial charge in [-0.15, -0.1) is 5.10 Å². The van der Waals surface area contributed by atoms with Gasteiger partial charge in [0.1, 0.15) is 6.54 Å². The number of hydrogen-bond donors (Lipinski definition) is 0. The average Bonchev–Trinajstić information content (AvgIpc) is 2.98. The monoisotopic (exact) mass is 370 g/mol. The number of rotatable bonds is 5. The predicted molar refractivity (Wildman–Crippen MR) is 102 cm³/mol. The highest BCUT2D eigenvalue weighted by molar-refractivity contribution is 6.32. The van der Waals surface area contributed by atoms with Crippen molar-refractivity contribution in [2.75, 3.05) is 13.6 Å². The summed E-state index contributed by atoms with van der Waals surface area (Å²) in [6, 6.07) is 16.3. The van der Waals surface area contributed by atoms with Crippen molar-refractivity contribution in [2.45, 2.75) is 13.5 Å². The fraction of sp³-hybridized carbons (Fsp3) is 0.211. The summed E-state index contributed by atoms with van der Waals surface area (Å²) in [6.45, 7) is 2.36. The Hall–Kier alpha value is -2.86. The number of halogens is 1. The van der Waals surface area contributed by atoms with Crippen molar-refractivity contribution in [3.05, 3.63) is 70.1 Å². The molecule has 0 unspecified atom stereocenters. The maximum atomic E-state index is 13.0. The first-order valence-electron chi connectivity index (χ1n) is 8.27. The minimum atomic E-state index is -0.408.